The number of esters is 2. The van der Waals surface area contributed by atoms with Crippen LogP contribution in [0.1, 0.15) is 11.5 Å². The van der Waals surface area contributed by atoms with Crippen LogP contribution in [0.3, 0.4) is 0 Å². The summed E-state index contributed by atoms with van der Waals surface area (Å²) >= 11 is 4.92. The summed E-state index contributed by atoms with van der Waals surface area (Å²) in [7, 11) is 0. The molecule has 0 saturated carbocycles. The quantitative estimate of drug-likeness (QED) is 0.531. The zero-order chi connectivity index (χ0) is 16.8. The zero-order valence-electron chi connectivity index (χ0n) is 12.4. The number of rotatable bonds is 2. The average molecular weight is 343 g/mol. The summed E-state index contributed by atoms with van der Waals surface area (Å²) in [6, 6.07) is 7.25. The number of nitrogens with two attached hydrogens (primary N) is 1. The van der Waals surface area contributed by atoms with E-state index in [1.807, 2.05) is 18.2 Å². The average Bonchev–Trinajstić information content (AvgIpc) is 3.10. The molecule has 7 nitrogen and oxygen atoms in total. The van der Waals surface area contributed by atoms with Crippen LogP contribution in [-0.2, 0) is 19.1 Å². The van der Waals surface area contributed by atoms with Crippen LogP contribution in [0.5, 0.6) is 0 Å². The second-order valence-corrected chi connectivity index (χ2v) is 6.01. The minimum absolute atomic E-state index is 0.0998. The highest BCUT2D eigenvalue weighted by Crippen LogP contribution is 2.45. The Morgan fingerprint density at radius 2 is 1.71 bits per heavy atom. The number of hydrogen-bond acceptors (Lipinski definition) is 6. The molecule has 0 spiro atoms. The molecule has 24 heavy (non-hydrogen) atoms. The van der Waals surface area contributed by atoms with Crippen molar-refractivity contribution in [3.63, 3.8) is 0 Å². The molecule has 8 heteroatoms. The Morgan fingerprint density at radius 1 is 1.12 bits per heavy atom. The number of cyclic esters (lactones) is 2. The van der Waals surface area contributed by atoms with Crippen molar-refractivity contribution in [2.45, 2.75) is 5.92 Å². The second-order valence-electron chi connectivity index (χ2n) is 5.57. The number of thiocarbonyl (C=S) groups is 1. The molecule has 0 fully saturated rings. The number of carbonyl (C=O) groups excluding carboxylic acids is 2. The lowest BCUT2D eigenvalue weighted by Gasteiger charge is -2.25. The molecular weight excluding hydrogens is 330 g/mol. The predicted molar refractivity (Wildman–Crippen MR) is 88.7 cm³/mol. The summed E-state index contributed by atoms with van der Waals surface area (Å²) < 4.78 is 10.3. The van der Waals surface area contributed by atoms with E-state index in [9.17, 15) is 9.59 Å². The third-order valence-corrected chi connectivity index (χ3v) is 4.30. The van der Waals surface area contributed by atoms with Crippen LogP contribution in [0, 0.1) is 0 Å². The van der Waals surface area contributed by atoms with Crippen molar-refractivity contribution < 1.29 is 19.1 Å². The van der Waals surface area contributed by atoms with Crippen molar-refractivity contribution in [3.05, 3.63) is 52.4 Å². The number of benzene rings is 1. The number of carbonyl (C=O) groups is 2. The molecule has 1 aromatic rings. The summed E-state index contributed by atoms with van der Waals surface area (Å²) in [5.41, 5.74) is 9.10. The first-order valence-corrected chi connectivity index (χ1v) is 7.70. The minimum atomic E-state index is -0.584. The lowest BCUT2D eigenvalue weighted by Crippen LogP contribution is -2.28. The van der Waals surface area contributed by atoms with E-state index in [1.54, 1.807) is 6.07 Å². The van der Waals surface area contributed by atoms with Gasteiger partial charge in [-0.05, 0) is 23.8 Å². The Bertz CT molecular complexity index is 819. The number of nitrogens with one attached hydrogen (secondary N) is 2. The van der Waals surface area contributed by atoms with Gasteiger partial charge in [0.15, 0.2) is 5.11 Å². The standard InChI is InChI=1S/C16H13N3O4S/c17-16(24)19-8-4-2-1-3-7(8)11-12-9(5-22-14(12)20)18-10-6-23-15(21)13(10)11/h1-4,11,18H,5-6H2,(H3,17,19,24). The van der Waals surface area contributed by atoms with Gasteiger partial charge in [-0.1, -0.05) is 18.2 Å². The molecule has 0 aliphatic carbocycles. The highest BCUT2D eigenvalue weighted by Gasteiger charge is 2.45. The smallest absolute Gasteiger partial charge is 0.337 e. The van der Waals surface area contributed by atoms with Crippen LogP contribution in [0.2, 0.25) is 0 Å². The number of anilines is 1. The normalized spacial score (nSPS) is 19.5. The highest BCUT2D eigenvalue weighted by molar-refractivity contribution is 7.80. The molecule has 0 saturated heterocycles. The van der Waals surface area contributed by atoms with Gasteiger partial charge < -0.3 is 25.8 Å². The molecule has 4 N–H and O–H groups in total. The van der Waals surface area contributed by atoms with Crippen LogP contribution in [0.25, 0.3) is 0 Å². The first kappa shape index (κ1) is 14.7. The van der Waals surface area contributed by atoms with E-state index in [4.69, 9.17) is 27.4 Å². The van der Waals surface area contributed by atoms with Gasteiger partial charge in [-0.2, -0.15) is 0 Å². The van der Waals surface area contributed by atoms with Crippen molar-refractivity contribution in [1.82, 2.24) is 5.32 Å². The Balaban J connectivity index is 1.90. The second kappa shape index (κ2) is 5.34. The van der Waals surface area contributed by atoms with Crippen LogP contribution in [0.4, 0.5) is 5.69 Å². The van der Waals surface area contributed by atoms with Crippen molar-refractivity contribution in [1.29, 1.82) is 0 Å². The van der Waals surface area contributed by atoms with Gasteiger partial charge in [-0.15, -0.1) is 0 Å². The Labute approximate surface area is 142 Å². The van der Waals surface area contributed by atoms with E-state index >= 15 is 0 Å². The number of para-hydroxylation sites is 1. The van der Waals surface area contributed by atoms with E-state index in [-0.39, 0.29) is 18.3 Å². The van der Waals surface area contributed by atoms with E-state index in [1.165, 1.54) is 0 Å². The molecule has 3 aliphatic heterocycles. The molecule has 3 heterocycles. The minimum Gasteiger partial charge on any atom is -0.456 e. The van der Waals surface area contributed by atoms with Crippen molar-refractivity contribution >= 4 is 35.0 Å². The van der Waals surface area contributed by atoms with Crippen molar-refractivity contribution in [3.8, 4) is 0 Å². The van der Waals surface area contributed by atoms with Gasteiger partial charge in [-0.3, -0.25) is 0 Å². The Hall–Kier alpha value is -2.87. The molecule has 0 unspecified atom stereocenters. The van der Waals surface area contributed by atoms with Crippen molar-refractivity contribution in [2.75, 3.05) is 18.5 Å². The summed E-state index contributed by atoms with van der Waals surface area (Å²) in [6.45, 7) is 0.307. The number of dihydropyridines is 1. The number of ether oxygens (including phenoxy) is 2. The van der Waals surface area contributed by atoms with Gasteiger partial charge in [0.2, 0.25) is 0 Å². The highest BCUT2D eigenvalue weighted by atomic mass is 32.1. The summed E-state index contributed by atoms with van der Waals surface area (Å²) in [5, 5.41) is 6.09. The molecule has 0 amide bonds. The zero-order valence-corrected chi connectivity index (χ0v) is 13.2. The van der Waals surface area contributed by atoms with Crippen LogP contribution in [0.15, 0.2) is 46.8 Å². The van der Waals surface area contributed by atoms with E-state index in [0.717, 1.165) is 0 Å². The first-order chi connectivity index (χ1) is 11.6. The third-order valence-electron chi connectivity index (χ3n) is 4.19. The molecule has 4 rings (SSSR count). The Morgan fingerprint density at radius 3 is 2.29 bits per heavy atom. The van der Waals surface area contributed by atoms with E-state index in [0.29, 0.717) is 33.8 Å². The molecule has 122 valence electrons. The molecule has 1 aromatic carbocycles. The number of hydrogen-bond donors (Lipinski definition) is 3. The fourth-order valence-electron chi connectivity index (χ4n) is 3.26. The van der Waals surface area contributed by atoms with Gasteiger partial charge in [0.05, 0.1) is 28.5 Å². The fourth-order valence-corrected chi connectivity index (χ4v) is 3.37. The third kappa shape index (κ3) is 2.15. The van der Waals surface area contributed by atoms with Crippen LogP contribution in [-0.4, -0.2) is 30.3 Å². The molecule has 0 aromatic heterocycles. The fraction of sp³-hybridized carbons (Fsp3) is 0.188. The molecule has 0 radical (unpaired) electrons. The van der Waals surface area contributed by atoms with Gasteiger partial charge in [-0.25, -0.2) is 9.59 Å². The maximum Gasteiger partial charge on any atom is 0.337 e. The van der Waals surface area contributed by atoms with Crippen LogP contribution >= 0.6 is 12.2 Å². The summed E-state index contributed by atoms with van der Waals surface area (Å²) in [5.74, 6) is -1.47. The van der Waals surface area contributed by atoms with E-state index < -0.39 is 17.9 Å². The van der Waals surface area contributed by atoms with E-state index in [2.05, 4.69) is 10.6 Å². The SMILES string of the molecule is NC(=S)Nc1ccccc1C1C2=C(COC2=O)NC2=C1C(=O)OC2. The molecule has 0 atom stereocenters. The predicted octanol–water partition coefficient (Wildman–Crippen LogP) is 0.651. The first-order valence-electron chi connectivity index (χ1n) is 7.29. The lowest BCUT2D eigenvalue weighted by molar-refractivity contribution is -0.136. The largest absolute Gasteiger partial charge is 0.456 e. The topological polar surface area (TPSA) is 103 Å². The molecule has 0 bridgehead atoms. The van der Waals surface area contributed by atoms with Gasteiger partial charge >= 0.3 is 11.9 Å². The monoisotopic (exact) mass is 343 g/mol. The molecule has 3 aliphatic rings. The molecular formula is C16H13N3O4S. The van der Waals surface area contributed by atoms with Gasteiger partial charge in [0, 0.05) is 5.69 Å². The summed E-state index contributed by atoms with van der Waals surface area (Å²) in [6.07, 6.45) is 0. The lowest BCUT2D eigenvalue weighted by atomic mass is 9.80. The van der Waals surface area contributed by atoms with Crippen LogP contribution < -0.4 is 16.4 Å². The van der Waals surface area contributed by atoms with Gasteiger partial charge in [0.1, 0.15) is 13.2 Å². The summed E-state index contributed by atoms with van der Waals surface area (Å²) in [4.78, 5) is 24.5. The Kier molecular flexibility index (Phi) is 3.27. The van der Waals surface area contributed by atoms with Crippen molar-refractivity contribution in [2.24, 2.45) is 5.73 Å². The maximum atomic E-state index is 12.3. The van der Waals surface area contributed by atoms with Gasteiger partial charge in [0.25, 0.3) is 0 Å². The maximum absolute atomic E-state index is 12.3.